The molecule has 0 radical (unpaired) electrons. The molecule has 1 saturated heterocycles. The molecule has 110 valence electrons. The minimum Gasteiger partial charge on any atom is -0.506 e. The van der Waals surface area contributed by atoms with E-state index in [4.69, 9.17) is 17.3 Å². The fourth-order valence-electron chi connectivity index (χ4n) is 1.63. The first-order valence-corrected chi connectivity index (χ1v) is 7.50. The van der Waals surface area contributed by atoms with Crippen molar-refractivity contribution >= 4 is 62.4 Å². The summed E-state index contributed by atoms with van der Waals surface area (Å²) in [7, 11) is 0. The minimum absolute atomic E-state index is 0.0747. The summed E-state index contributed by atoms with van der Waals surface area (Å²) in [6.45, 7) is -0.479. The van der Waals surface area contributed by atoms with Crippen LogP contribution in [0.3, 0.4) is 0 Å². The zero-order valence-corrected chi connectivity index (χ0v) is 13.5. The number of thioether (sulfide) groups is 1. The molecule has 1 fully saturated rings. The molecule has 0 saturated carbocycles. The van der Waals surface area contributed by atoms with Gasteiger partial charge >= 0.3 is 0 Å². The maximum absolute atomic E-state index is 12.0. The Bertz CT molecular complexity index is 692. The van der Waals surface area contributed by atoms with Gasteiger partial charge in [-0.05, 0) is 30.0 Å². The van der Waals surface area contributed by atoms with Gasteiger partial charge in [-0.15, -0.1) is 0 Å². The fourth-order valence-corrected chi connectivity index (χ4v) is 3.29. The van der Waals surface area contributed by atoms with Crippen molar-refractivity contribution < 1.29 is 19.5 Å². The highest BCUT2D eigenvalue weighted by Gasteiger charge is 2.36. The molecule has 1 heterocycles. The Hall–Kier alpha value is -1.51. The van der Waals surface area contributed by atoms with Crippen molar-refractivity contribution in [3.63, 3.8) is 0 Å². The number of phenols is 1. The molecule has 1 aromatic rings. The van der Waals surface area contributed by atoms with Crippen molar-refractivity contribution in [2.45, 2.75) is 0 Å². The van der Waals surface area contributed by atoms with E-state index < -0.39 is 23.6 Å². The Morgan fingerprint density at radius 1 is 1.48 bits per heavy atom. The number of nitrogens with zero attached hydrogens (tertiary/aromatic N) is 1. The van der Waals surface area contributed by atoms with Crippen LogP contribution < -0.4 is 5.73 Å². The lowest BCUT2D eigenvalue weighted by atomic mass is 10.2. The Labute approximate surface area is 137 Å². The summed E-state index contributed by atoms with van der Waals surface area (Å²) in [5.41, 5.74) is 5.26. The third-order valence-electron chi connectivity index (χ3n) is 2.53. The molecule has 21 heavy (non-hydrogen) atoms. The van der Waals surface area contributed by atoms with E-state index in [0.29, 0.717) is 16.2 Å². The van der Waals surface area contributed by atoms with Crippen LogP contribution in [0.4, 0.5) is 4.79 Å². The normalized spacial score (nSPS) is 16.9. The second kappa shape index (κ2) is 6.08. The number of primary amides is 1. The lowest BCUT2D eigenvalue weighted by Gasteiger charge is -2.08. The number of aromatic hydroxyl groups is 1. The zero-order chi connectivity index (χ0) is 15.7. The second-order valence-corrected chi connectivity index (χ2v) is 6.38. The molecule has 2 rings (SSSR count). The first kappa shape index (κ1) is 15.9. The number of carbonyl (C=O) groups excluding carboxylic acids is 3. The molecule has 6 nitrogen and oxygen atoms in total. The topological polar surface area (TPSA) is 101 Å². The smallest absolute Gasteiger partial charge is 0.294 e. The van der Waals surface area contributed by atoms with Crippen molar-refractivity contribution in [2.24, 2.45) is 5.73 Å². The summed E-state index contributed by atoms with van der Waals surface area (Å²) in [6, 6.07) is 3.04. The average molecular weight is 392 g/mol. The molecule has 3 N–H and O–H groups in total. The number of carbonyl (C=O) groups is 3. The summed E-state index contributed by atoms with van der Waals surface area (Å²) in [4.78, 5) is 35.3. The number of nitrogens with two attached hydrogens (primary N) is 1. The third kappa shape index (κ3) is 3.39. The van der Waals surface area contributed by atoms with Crippen LogP contribution in [0.2, 0.25) is 5.02 Å². The number of halogens is 2. The van der Waals surface area contributed by atoms with Crippen LogP contribution >= 0.6 is 39.3 Å². The summed E-state index contributed by atoms with van der Waals surface area (Å²) >= 11 is 9.70. The predicted molar refractivity (Wildman–Crippen MR) is 82.7 cm³/mol. The molecule has 0 aromatic heterocycles. The number of hydrogen-bond acceptors (Lipinski definition) is 5. The molecular formula is C12H8BrClN2O4S. The van der Waals surface area contributed by atoms with E-state index in [1.807, 2.05) is 0 Å². The summed E-state index contributed by atoms with van der Waals surface area (Å²) in [5, 5.41) is 9.37. The first-order valence-electron chi connectivity index (χ1n) is 5.51. The monoisotopic (exact) mass is 390 g/mol. The molecule has 1 aromatic carbocycles. The lowest BCUT2D eigenvalue weighted by Crippen LogP contribution is -2.36. The van der Waals surface area contributed by atoms with E-state index in [-0.39, 0.29) is 21.2 Å². The molecule has 9 heteroatoms. The van der Waals surface area contributed by atoms with E-state index in [1.165, 1.54) is 12.1 Å². The number of benzene rings is 1. The van der Waals surface area contributed by atoms with Gasteiger partial charge in [-0.25, -0.2) is 0 Å². The van der Waals surface area contributed by atoms with E-state index in [0.717, 1.165) is 4.90 Å². The van der Waals surface area contributed by atoms with Crippen molar-refractivity contribution in [3.05, 3.63) is 32.1 Å². The van der Waals surface area contributed by atoms with Gasteiger partial charge < -0.3 is 10.8 Å². The zero-order valence-electron chi connectivity index (χ0n) is 10.3. The van der Waals surface area contributed by atoms with E-state index >= 15 is 0 Å². The fraction of sp³-hybridized carbons (Fsp3) is 0.0833. The molecule has 3 amide bonds. The van der Waals surface area contributed by atoms with E-state index in [1.54, 1.807) is 6.07 Å². The van der Waals surface area contributed by atoms with Gasteiger partial charge in [0.25, 0.3) is 11.1 Å². The molecule has 0 spiro atoms. The minimum atomic E-state index is -0.785. The molecule has 1 aliphatic heterocycles. The van der Waals surface area contributed by atoms with Gasteiger partial charge in [-0.1, -0.05) is 27.5 Å². The van der Waals surface area contributed by atoms with Gasteiger partial charge in [0.05, 0.1) is 9.93 Å². The van der Waals surface area contributed by atoms with E-state index in [2.05, 4.69) is 15.9 Å². The maximum Gasteiger partial charge on any atom is 0.294 e. The summed E-state index contributed by atoms with van der Waals surface area (Å²) in [6.07, 6.45) is 1.33. The van der Waals surface area contributed by atoms with Gasteiger partial charge in [-0.2, -0.15) is 0 Å². The maximum atomic E-state index is 12.0. The Morgan fingerprint density at radius 2 is 2.14 bits per heavy atom. The van der Waals surface area contributed by atoms with Crippen molar-refractivity contribution in [2.75, 3.05) is 6.54 Å². The largest absolute Gasteiger partial charge is 0.506 e. The highest BCUT2D eigenvalue weighted by molar-refractivity contribution is 9.10. The highest BCUT2D eigenvalue weighted by atomic mass is 79.9. The van der Waals surface area contributed by atoms with Crippen LogP contribution in [0.5, 0.6) is 5.75 Å². The van der Waals surface area contributed by atoms with Gasteiger partial charge in [0.2, 0.25) is 5.91 Å². The number of hydrogen-bond donors (Lipinski definition) is 2. The quantitative estimate of drug-likeness (QED) is 0.770. The molecule has 0 aliphatic carbocycles. The van der Waals surface area contributed by atoms with Crippen LogP contribution in [0.25, 0.3) is 6.08 Å². The van der Waals surface area contributed by atoms with Crippen LogP contribution in [-0.4, -0.2) is 33.6 Å². The first-order chi connectivity index (χ1) is 9.79. The molecule has 0 atom stereocenters. The van der Waals surface area contributed by atoms with Crippen molar-refractivity contribution in [1.29, 1.82) is 0 Å². The Balaban J connectivity index is 2.37. The Morgan fingerprint density at radius 3 is 2.76 bits per heavy atom. The van der Waals surface area contributed by atoms with Crippen molar-refractivity contribution in [1.82, 2.24) is 4.90 Å². The average Bonchev–Trinajstić information content (AvgIpc) is 2.63. The third-order valence-corrected chi connectivity index (χ3v) is 4.19. The molecular weight excluding hydrogens is 384 g/mol. The predicted octanol–water partition coefficient (Wildman–Crippen LogP) is 2.33. The van der Waals surface area contributed by atoms with Crippen LogP contribution in [0.1, 0.15) is 5.56 Å². The highest BCUT2D eigenvalue weighted by Crippen LogP contribution is 2.37. The second-order valence-electron chi connectivity index (χ2n) is 4.06. The standard InChI is InChI=1S/C12H8BrClN2O4S/c13-6-1-5(10(18)7(14)3-6)2-8-11(19)16(4-9(15)17)12(20)21-8/h1-3,18H,4H2,(H2,15,17)/b8-2-. The molecule has 0 bridgehead atoms. The number of rotatable bonds is 3. The summed E-state index contributed by atoms with van der Waals surface area (Å²) < 4.78 is 0.605. The summed E-state index contributed by atoms with van der Waals surface area (Å²) in [5.74, 6) is -1.63. The lowest BCUT2D eigenvalue weighted by molar-refractivity contribution is -0.127. The van der Waals surface area contributed by atoms with Crippen LogP contribution in [0, 0.1) is 0 Å². The SMILES string of the molecule is NC(=O)CN1C(=O)S/C(=C\c2cc(Br)cc(Cl)c2O)C1=O. The number of amides is 3. The number of phenolic OH excluding ortho intramolecular Hbond substituents is 1. The Kier molecular flexibility index (Phi) is 4.60. The number of imide groups is 1. The molecule has 1 aliphatic rings. The van der Waals surface area contributed by atoms with Crippen LogP contribution in [-0.2, 0) is 9.59 Å². The van der Waals surface area contributed by atoms with Crippen LogP contribution in [0.15, 0.2) is 21.5 Å². The van der Waals surface area contributed by atoms with Gasteiger partial charge in [-0.3, -0.25) is 19.3 Å². The van der Waals surface area contributed by atoms with E-state index in [9.17, 15) is 19.5 Å². The molecule has 0 unspecified atom stereocenters. The van der Waals surface area contributed by atoms with Gasteiger partial charge in [0.1, 0.15) is 12.3 Å². The van der Waals surface area contributed by atoms with Gasteiger partial charge in [0, 0.05) is 10.0 Å². The van der Waals surface area contributed by atoms with Gasteiger partial charge in [0.15, 0.2) is 0 Å². The van der Waals surface area contributed by atoms with Crippen molar-refractivity contribution in [3.8, 4) is 5.75 Å².